The maximum Gasteiger partial charge on any atom is 0.354 e. The van der Waals surface area contributed by atoms with Crippen LogP contribution in [0.3, 0.4) is 0 Å². The van der Waals surface area contributed by atoms with E-state index in [9.17, 15) is 22.8 Å². The van der Waals surface area contributed by atoms with Crippen LogP contribution in [0.1, 0.15) is 38.3 Å². The maximum absolute atomic E-state index is 14.4. The van der Waals surface area contributed by atoms with Crippen molar-refractivity contribution in [2.45, 2.75) is 6.04 Å². The summed E-state index contributed by atoms with van der Waals surface area (Å²) in [4.78, 5) is 31.4. The van der Waals surface area contributed by atoms with E-state index in [0.717, 1.165) is 18.2 Å². The van der Waals surface area contributed by atoms with Gasteiger partial charge in [-0.15, -0.1) is 0 Å². The van der Waals surface area contributed by atoms with Crippen LogP contribution in [0.25, 0.3) is 0 Å². The standard InChI is InChI=1S/C20H14F3N3O4/c21-10-30-16-7-6-11(9-13(16)23)17(18-12(22)3-2-8-24-18)26-19(27)14-4-1-5-15(25-14)20(28)29/h1-9,17H,10H2,(H,26,27)(H,28,29)/t17-/m0/s1. The summed E-state index contributed by atoms with van der Waals surface area (Å²) in [7, 11) is 0. The number of amides is 1. The third-order valence-electron chi connectivity index (χ3n) is 4.04. The van der Waals surface area contributed by atoms with Gasteiger partial charge in [-0.25, -0.2) is 22.9 Å². The van der Waals surface area contributed by atoms with Crippen molar-refractivity contribution in [3.63, 3.8) is 0 Å². The molecule has 2 N–H and O–H groups in total. The predicted octanol–water partition coefficient (Wildman–Crippen LogP) is 3.28. The lowest BCUT2D eigenvalue weighted by atomic mass is 10.0. The summed E-state index contributed by atoms with van der Waals surface area (Å²) in [5, 5.41) is 11.5. The van der Waals surface area contributed by atoms with Crippen molar-refractivity contribution in [1.82, 2.24) is 15.3 Å². The molecule has 7 nitrogen and oxygen atoms in total. The summed E-state index contributed by atoms with van der Waals surface area (Å²) in [5.74, 6) is -4.21. The van der Waals surface area contributed by atoms with Crippen LogP contribution in [-0.2, 0) is 0 Å². The number of aromatic nitrogens is 2. The minimum Gasteiger partial charge on any atom is -0.477 e. The van der Waals surface area contributed by atoms with Gasteiger partial charge in [0.15, 0.2) is 11.6 Å². The Balaban J connectivity index is 2.00. The number of nitrogens with one attached hydrogen (secondary N) is 1. The number of carbonyl (C=O) groups is 2. The minimum atomic E-state index is -1.33. The topological polar surface area (TPSA) is 101 Å². The highest BCUT2D eigenvalue weighted by Gasteiger charge is 2.24. The van der Waals surface area contributed by atoms with Crippen LogP contribution in [0, 0.1) is 11.6 Å². The highest BCUT2D eigenvalue weighted by molar-refractivity contribution is 5.94. The lowest BCUT2D eigenvalue weighted by Gasteiger charge is -2.20. The van der Waals surface area contributed by atoms with Gasteiger partial charge in [0, 0.05) is 6.20 Å². The monoisotopic (exact) mass is 417 g/mol. The zero-order valence-electron chi connectivity index (χ0n) is 15.2. The number of alkyl halides is 1. The Kier molecular flexibility index (Phi) is 6.26. The Morgan fingerprint density at radius 1 is 1.07 bits per heavy atom. The van der Waals surface area contributed by atoms with Gasteiger partial charge in [0.25, 0.3) is 5.91 Å². The molecular formula is C20H14F3N3O4. The van der Waals surface area contributed by atoms with E-state index in [2.05, 4.69) is 20.0 Å². The predicted molar refractivity (Wildman–Crippen MR) is 97.7 cm³/mol. The first-order valence-electron chi connectivity index (χ1n) is 8.50. The summed E-state index contributed by atoms with van der Waals surface area (Å²) in [5.41, 5.74) is -0.714. The van der Waals surface area contributed by atoms with E-state index < -0.39 is 36.4 Å². The normalized spacial score (nSPS) is 11.6. The first-order valence-corrected chi connectivity index (χ1v) is 8.50. The molecule has 1 atom stereocenters. The van der Waals surface area contributed by atoms with Crippen LogP contribution < -0.4 is 10.1 Å². The molecule has 0 fully saturated rings. The van der Waals surface area contributed by atoms with E-state index in [4.69, 9.17) is 5.11 Å². The number of carboxylic acid groups (broad SMARTS) is 1. The molecular weight excluding hydrogens is 403 g/mol. The molecule has 0 radical (unpaired) electrons. The number of halogens is 3. The molecule has 1 aromatic carbocycles. The van der Waals surface area contributed by atoms with Crippen LogP contribution >= 0.6 is 0 Å². The molecule has 154 valence electrons. The molecule has 0 bridgehead atoms. The van der Waals surface area contributed by atoms with Gasteiger partial charge in [-0.3, -0.25) is 9.78 Å². The van der Waals surface area contributed by atoms with Gasteiger partial charge in [0.1, 0.15) is 22.9 Å². The van der Waals surface area contributed by atoms with Crippen molar-refractivity contribution in [3.05, 3.63) is 89.0 Å². The molecule has 0 spiro atoms. The molecule has 30 heavy (non-hydrogen) atoms. The Hall–Kier alpha value is -3.95. The van der Waals surface area contributed by atoms with E-state index in [0.29, 0.717) is 0 Å². The van der Waals surface area contributed by atoms with Gasteiger partial charge in [-0.1, -0.05) is 12.1 Å². The lowest BCUT2D eigenvalue weighted by Crippen LogP contribution is -2.31. The second-order valence-electron chi connectivity index (χ2n) is 5.93. The first kappa shape index (κ1) is 20.8. The highest BCUT2D eigenvalue weighted by Crippen LogP contribution is 2.27. The molecule has 0 aliphatic heterocycles. The van der Waals surface area contributed by atoms with Crippen molar-refractivity contribution in [1.29, 1.82) is 0 Å². The van der Waals surface area contributed by atoms with Crippen LogP contribution in [0.15, 0.2) is 54.7 Å². The van der Waals surface area contributed by atoms with Crippen molar-refractivity contribution in [2.24, 2.45) is 0 Å². The number of carbonyl (C=O) groups excluding carboxylic acids is 1. The van der Waals surface area contributed by atoms with Crippen LogP contribution in [0.4, 0.5) is 13.2 Å². The summed E-state index contributed by atoms with van der Waals surface area (Å²) in [6, 6.07) is 8.40. The van der Waals surface area contributed by atoms with Crippen LogP contribution in [0.5, 0.6) is 5.75 Å². The summed E-state index contributed by atoms with van der Waals surface area (Å²) in [6.07, 6.45) is 1.29. The molecule has 3 rings (SSSR count). The van der Waals surface area contributed by atoms with E-state index in [-0.39, 0.29) is 28.4 Å². The Bertz CT molecular complexity index is 1090. The van der Waals surface area contributed by atoms with Crippen molar-refractivity contribution >= 4 is 11.9 Å². The summed E-state index contributed by atoms with van der Waals surface area (Å²) in [6.45, 7) is -1.24. The van der Waals surface area contributed by atoms with E-state index in [1.807, 2.05) is 0 Å². The quantitative estimate of drug-likeness (QED) is 0.612. The molecule has 0 aliphatic rings. The summed E-state index contributed by atoms with van der Waals surface area (Å²) < 4.78 is 45.4. The zero-order valence-corrected chi connectivity index (χ0v) is 15.2. The first-order chi connectivity index (χ1) is 14.4. The average molecular weight is 417 g/mol. The van der Waals surface area contributed by atoms with E-state index >= 15 is 0 Å². The molecule has 0 saturated carbocycles. The highest BCUT2D eigenvalue weighted by atomic mass is 19.1. The van der Waals surface area contributed by atoms with Crippen molar-refractivity contribution in [2.75, 3.05) is 6.86 Å². The lowest BCUT2D eigenvalue weighted by molar-refractivity contribution is 0.0690. The molecule has 0 saturated heterocycles. The molecule has 1 amide bonds. The van der Waals surface area contributed by atoms with Crippen LogP contribution in [0.2, 0.25) is 0 Å². The number of pyridine rings is 2. The molecule has 2 aromatic heterocycles. The number of carboxylic acids is 1. The fourth-order valence-corrected chi connectivity index (χ4v) is 2.68. The van der Waals surface area contributed by atoms with Gasteiger partial charge in [-0.05, 0) is 42.0 Å². The number of nitrogens with zero attached hydrogens (tertiary/aromatic N) is 2. The molecule has 2 heterocycles. The van der Waals surface area contributed by atoms with E-state index in [1.54, 1.807) is 0 Å². The fraction of sp³-hybridized carbons (Fsp3) is 0.100. The minimum absolute atomic E-state index is 0.0963. The maximum atomic E-state index is 14.4. The van der Waals surface area contributed by atoms with Gasteiger partial charge in [0.05, 0.1) is 6.04 Å². The second-order valence-corrected chi connectivity index (χ2v) is 5.93. The molecule has 3 aromatic rings. The SMILES string of the molecule is O=C(O)c1cccc(C(=O)N[C@@H](c2ccc(OCF)c(F)c2)c2ncccc2F)n1. The van der Waals surface area contributed by atoms with Crippen LogP contribution in [-0.4, -0.2) is 33.8 Å². The number of aromatic carboxylic acids is 1. The number of rotatable bonds is 7. The smallest absolute Gasteiger partial charge is 0.354 e. The molecule has 10 heteroatoms. The second kappa shape index (κ2) is 9.03. The van der Waals surface area contributed by atoms with Crippen molar-refractivity contribution in [3.8, 4) is 5.75 Å². The average Bonchev–Trinajstić information content (AvgIpc) is 2.74. The number of benzene rings is 1. The van der Waals surface area contributed by atoms with Crippen molar-refractivity contribution < 1.29 is 32.6 Å². The van der Waals surface area contributed by atoms with Gasteiger partial charge < -0.3 is 15.2 Å². The number of ether oxygens (including phenoxy) is 1. The van der Waals surface area contributed by atoms with E-state index in [1.165, 1.54) is 36.5 Å². The van der Waals surface area contributed by atoms with Gasteiger partial charge >= 0.3 is 5.97 Å². The number of hydrogen-bond donors (Lipinski definition) is 2. The molecule has 0 aliphatic carbocycles. The third-order valence-corrected chi connectivity index (χ3v) is 4.04. The zero-order chi connectivity index (χ0) is 21.7. The summed E-state index contributed by atoms with van der Waals surface area (Å²) >= 11 is 0. The van der Waals surface area contributed by atoms with Gasteiger partial charge in [0.2, 0.25) is 6.86 Å². The number of hydrogen-bond acceptors (Lipinski definition) is 5. The fourth-order valence-electron chi connectivity index (χ4n) is 2.68. The Morgan fingerprint density at radius 3 is 2.50 bits per heavy atom. The Labute approximate surface area is 168 Å². The Morgan fingerprint density at radius 2 is 1.83 bits per heavy atom. The molecule has 0 unspecified atom stereocenters. The third kappa shape index (κ3) is 4.54. The largest absolute Gasteiger partial charge is 0.477 e. The van der Waals surface area contributed by atoms with Gasteiger partial charge in [-0.2, -0.15) is 0 Å².